The molecule has 0 aromatic heterocycles. The number of aromatic hydroxyl groups is 1. The van der Waals surface area contributed by atoms with Crippen LogP contribution in [0.25, 0.3) is 0 Å². The molecule has 0 saturated heterocycles. The fraction of sp³-hybridized carbons (Fsp3) is 0.250. The van der Waals surface area contributed by atoms with Crippen LogP contribution in [0, 0.1) is 0 Å². The third-order valence-electron chi connectivity index (χ3n) is 1.76. The Kier molecular flexibility index (Phi) is 5.22. The molecule has 0 fully saturated rings. The first kappa shape index (κ1) is 13.5. The number of anilines is 1. The molecule has 0 radical (unpaired) electrons. The van der Waals surface area contributed by atoms with E-state index < -0.39 is 6.04 Å². The van der Waals surface area contributed by atoms with E-state index in [-0.39, 0.29) is 30.5 Å². The quantitative estimate of drug-likeness (QED) is 0.484. The molecule has 0 spiro atoms. The first-order valence-corrected chi connectivity index (χ1v) is 4.50. The van der Waals surface area contributed by atoms with Crippen molar-refractivity contribution in [3.05, 3.63) is 22.2 Å². The molecule has 14 heavy (non-hydrogen) atoms. The smallest absolute Gasteiger partial charge is 0.144 e. The van der Waals surface area contributed by atoms with Gasteiger partial charge in [0.25, 0.3) is 0 Å². The van der Waals surface area contributed by atoms with Crippen LogP contribution in [-0.4, -0.2) is 16.8 Å². The van der Waals surface area contributed by atoms with Crippen LogP contribution in [0.4, 0.5) is 5.69 Å². The van der Waals surface area contributed by atoms with E-state index in [0.717, 1.165) is 0 Å². The molecule has 4 nitrogen and oxygen atoms in total. The fourth-order valence-corrected chi connectivity index (χ4v) is 1.66. The van der Waals surface area contributed by atoms with Gasteiger partial charge >= 0.3 is 0 Å². The summed E-state index contributed by atoms with van der Waals surface area (Å²) in [5, 5.41) is 18.4. The van der Waals surface area contributed by atoms with Gasteiger partial charge in [0.2, 0.25) is 0 Å². The van der Waals surface area contributed by atoms with Crippen molar-refractivity contribution in [2.45, 2.75) is 6.04 Å². The number of hydrogen-bond acceptors (Lipinski definition) is 4. The van der Waals surface area contributed by atoms with E-state index in [9.17, 15) is 5.11 Å². The maximum absolute atomic E-state index is 9.53. The second-order valence-electron chi connectivity index (χ2n) is 2.69. The van der Waals surface area contributed by atoms with E-state index in [4.69, 9.17) is 16.6 Å². The molecule has 6 N–H and O–H groups in total. The second-order valence-corrected chi connectivity index (χ2v) is 3.54. The Hall–Kier alpha value is -0.490. The second kappa shape index (κ2) is 5.41. The van der Waals surface area contributed by atoms with Crippen molar-refractivity contribution < 1.29 is 10.2 Å². The summed E-state index contributed by atoms with van der Waals surface area (Å²) in [7, 11) is 0. The average molecular weight is 284 g/mol. The van der Waals surface area contributed by atoms with E-state index in [1.54, 1.807) is 12.1 Å². The van der Waals surface area contributed by atoms with Gasteiger partial charge in [-0.05, 0) is 12.1 Å². The zero-order chi connectivity index (χ0) is 10.0. The van der Waals surface area contributed by atoms with Gasteiger partial charge in [-0.1, -0.05) is 15.9 Å². The van der Waals surface area contributed by atoms with E-state index in [2.05, 4.69) is 15.9 Å². The van der Waals surface area contributed by atoms with E-state index in [0.29, 0.717) is 10.0 Å². The van der Waals surface area contributed by atoms with Crippen LogP contribution in [0.1, 0.15) is 11.6 Å². The van der Waals surface area contributed by atoms with Gasteiger partial charge in [-0.2, -0.15) is 0 Å². The fourth-order valence-electron chi connectivity index (χ4n) is 1.04. The third kappa shape index (κ3) is 2.51. The van der Waals surface area contributed by atoms with Crippen LogP contribution < -0.4 is 11.5 Å². The number of nitrogen functional groups attached to an aromatic ring is 1. The van der Waals surface area contributed by atoms with Gasteiger partial charge in [0, 0.05) is 10.0 Å². The minimum absolute atomic E-state index is 0. The summed E-state index contributed by atoms with van der Waals surface area (Å²) in [6, 6.07) is 2.62. The van der Waals surface area contributed by atoms with Crippen LogP contribution in [0.3, 0.4) is 0 Å². The van der Waals surface area contributed by atoms with E-state index in [1.165, 1.54) is 0 Å². The Balaban J connectivity index is 0.00000169. The van der Waals surface area contributed by atoms with Crippen molar-refractivity contribution in [2.24, 2.45) is 5.73 Å². The highest BCUT2D eigenvalue weighted by Crippen LogP contribution is 2.34. The number of phenolic OH excluding ortho intramolecular Hbond substituents is 1. The van der Waals surface area contributed by atoms with Crippen molar-refractivity contribution in [3.63, 3.8) is 0 Å². The number of rotatable bonds is 2. The Morgan fingerprint density at radius 2 is 2.00 bits per heavy atom. The van der Waals surface area contributed by atoms with Gasteiger partial charge in [-0.15, -0.1) is 12.4 Å². The van der Waals surface area contributed by atoms with Crippen LogP contribution in [-0.2, 0) is 0 Å². The lowest BCUT2D eigenvalue weighted by Crippen LogP contribution is -2.15. The standard InChI is InChI=1S/C8H11BrN2O2.ClH/c9-4-1-2-5(10)8(13)7(4)6(11)3-12;/h1-2,6,12-13H,3,10-11H2;1H/t6-;/m0./s1. The molecule has 0 saturated carbocycles. The number of aliphatic hydroxyl groups is 1. The van der Waals surface area contributed by atoms with Gasteiger partial charge in [-0.3, -0.25) is 0 Å². The molecule has 0 aliphatic carbocycles. The molecule has 0 amide bonds. The van der Waals surface area contributed by atoms with Gasteiger partial charge in [0.1, 0.15) is 5.75 Å². The lowest BCUT2D eigenvalue weighted by molar-refractivity contribution is 0.265. The first-order valence-electron chi connectivity index (χ1n) is 3.71. The Morgan fingerprint density at radius 3 is 2.50 bits per heavy atom. The molecule has 80 valence electrons. The van der Waals surface area contributed by atoms with Crippen LogP contribution in [0.2, 0.25) is 0 Å². The minimum atomic E-state index is -0.627. The highest BCUT2D eigenvalue weighted by atomic mass is 79.9. The Morgan fingerprint density at radius 1 is 1.43 bits per heavy atom. The average Bonchev–Trinajstić information content (AvgIpc) is 2.12. The van der Waals surface area contributed by atoms with Crippen molar-refractivity contribution in [1.82, 2.24) is 0 Å². The molecule has 1 rings (SSSR count). The molecule has 1 atom stereocenters. The van der Waals surface area contributed by atoms with E-state index >= 15 is 0 Å². The van der Waals surface area contributed by atoms with Gasteiger partial charge < -0.3 is 21.7 Å². The zero-order valence-corrected chi connectivity index (χ0v) is 9.68. The number of halogens is 2. The number of nitrogens with two attached hydrogens (primary N) is 2. The molecule has 0 aliphatic heterocycles. The summed E-state index contributed by atoms with van der Waals surface area (Å²) in [5.74, 6) is -0.0732. The number of hydrogen-bond donors (Lipinski definition) is 4. The summed E-state index contributed by atoms with van der Waals surface area (Å²) in [6.07, 6.45) is 0. The van der Waals surface area contributed by atoms with Crippen LogP contribution >= 0.6 is 28.3 Å². The molecule has 0 bridgehead atoms. The monoisotopic (exact) mass is 282 g/mol. The largest absolute Gasteiger partial charge is 0.505 e. The molecule has 0 unspecified atom stereocenters. The molecule has 0 heterocycles. The summed E-state index contributed by atoms with van der Waals surface area (Å²) < 4.78 is 0.640. The predicted octanol–water partition coefficient (Wildman–Crippen LogP) is 1.15. The van der Waals surface area contributed by atoms with Crippen LogP contribution in [0.5, 0.6) is 5.75 Å². The lowest BCUT2D eigenvalue weighted by Gasteiger charge is -2.14. The summed E-state index contributed by atoms with van der Waals surface area (Å²) >= 11 is 3.22. The summed E-state index contributed by atoms with van der Waals surface area (Å²) in [5.41, 5.74) is 11.7. The molecule has 1 aromatic rings. The maximum Gasteiger partial charge on any atom is 0.144 e. The Labute approximate surface area is 96.5 Å². The molecule has 1 aromatic carbocycles. The summed E-state index contributed by atoms with van der Waals surface area (Å²) in [4.78, 5) is 0. The first-order chi connectivity index (χ1) is 6.07. The predicted molar refractivity (Wildman–Crippen MR) is 61.5 cm³/mol. The number of benzene rings is 1. The maximum atomic E-state index is 9.53. The number of phenols is 1. The van der Waals surface area contributed by atoms with Crippen molar-refractivity contribution >= 4 is 34.0 Å². The van der Waals surface area contributed by atoms with Crippen LogP contribution in [0.15, 0.2) is 16.6 Å². The molecular formula is C8H12BrClN2O2. The van der Waals surface area contributed by atoms with Gasteiger partial charge in [-0.25, -0.2) is 0 Å². The molecule has 6 heteroatoms. The van der Waals surface area contributed by atoms with E-state index in [1.807, 2.05) is 0 Å². The van der Waals surface area contributed by atoms with Crippen molar-refractivity contribution in [3.8, 4) is 5.75 Å². The summed E-state index contributed by atoms with van der Waals surface area (Å²) in [6.45, 7) is -0.240. The van der Waals surface area contributed by atoms with Gasteiger partial charge in [0.05, 0.1) is 18.3 Å². The topological polar surface area (TPSA) is 92.5 Å². The third-order valence-corrected chi connectivity index (χ3v) is 2.45. The highest BCUT2D eigenvalue weighted by molar-refractivity contribution is 9.10. The van der Waals surface area contributed by atoms with Gasteiger partial charge in [0.15, 0.2) is 0 Å². The normalized spacial score (nSPS) is 11.9. The zero-order valence-electron chi connectivity index (χ0n) is 7.27. The number of aliphatic hydroxyl groups excluding tert-OH is 1. The van der Waals surface area contributed by atoms with Crippen molar-refractivity contribution in [1.29, 1.82) is 0 Å². The SMILES string of the molecule is Cl.Nc1ccc(Br)c([C@@H](N)CO)c1O. The molecule has 0 aliphatic rings. The minimum Gasteiger partial charge on any atom is -0.505 e. The molecular weight excluding hydrogens is 271 g/mol. The lowest BCUT2D eigenvalue weighted by atomic mass is 10.1. The Bertz CT molecular complexity index is 322. The highest BCUT2D eigenvalue weighted by Gasteiger charge is 2.15. The van der Waals surface area contributed by atoms with Crippen molar-refractivity contribution in [2.75, 3.05) is 12.3 Å².